The second kappa shape index (κ2) is 6.09. The van der Waals surface area contributed by atoms with Crippen LogP contribution in [0, 0.1) is 11.6 Å². The van der Waals surface area contributed by atoms with Crippen LogP contribution in [0.3, 0.4) is 0 Å². The molecule has 2 unspecified atom stereocenters. The number of hydrogen-bond donors (Lipinski definition) is 0. The van der Waals surface area contributed by atoms with Gasteiger partial charge in [-0.1, -0.05) is 36.4 Å². The van der Waals surface area contributed by atoms with Gasteiger partial charge in [0, 0.05) is 12.3 Å². The summed E-state index contributed by atoms with van der Waals surface area (Å²) in [5.41, 5.74) is -3.04. The molecule has 26 heavy (non-hydrogen) atoms. The van der Waals surface area contributed by atoms with Gasteiger partial charge in [0.05, 0.1) is 0 Å². The van der Waals surface area contributed by atoms with Gasteiger partial charge in [-0.05, 0) is 35.4 Å². The van der Waals surface area contributed by atoms with Crippen molar-refractivity contribution in [2.45, 2.75) is 10.4 Å². The zero-order valence-electron chi connectivity index (χ0n) is 13.6. The van der Waals surface area contributed by atoms with Crippen molar-refractivity contribution in [3.8, 4) is 0 Å². The summed E-state index contributed by atoms with van der Waals surface area (Å²) in [6, 6.07) is 9.49. The predicted molar refractivity (Wildman–Crippen MR) is 90.4 cm³/mol. The molecule has 2 nitrogen and oxygen atoms in total. The summed E-state index contributed by atoms with van der Waals surface area (Å²) in [4.78, 5) is 0. The van der Waals surface area contributed by atoms with E-state index in [-0.39, 0.29) is 11.1 Å². The molecular weight excluding hydrogens is 368 g/mol. The monoisotopic (exact) mass is 382 g/mol. The highest BCUT2D eigenvalue weighted by Crippen LogP contribution is 2.47. The maximum absolute atomic E-state index is 15.2. The summed E-state index contributed by atoms with van der Waals surface area (Å²) in [7, 11) is -4.14. The van der Waals surface area contributed by atoms with Crippen molar-refractivity contribution in [2.75, 3.05) is 6.26 Å². The van der Waals surface area contributed by atoms with Crippen LogP contribution in [0.5, 0.6) is 0 Å². The first-order valence-corrected chi connectivity index (χ1v) is 9.47. The molecule has 0 N–H and O–H groups in total. The van der Waals surface area contributed by atoms with Gasteiger partial charge in [-0.2, -0.15) is 0 Å². The molecule has 0 bridgehead atoms. The summed E-state index contributed by atoms with van der Waals surface area (Å²) in [5, 5.41) is 0. The maximum atomic E-state index is 15.2. The SMILES string of the molecule is CS(=O)(=O)C1(c2cc(F)cc(F)c2)C=CC(F)(c2ccccc2)C(F)=C1. The van der Waals surface area contributed by atoms with Crippen LogP contribution in [0.25, 0.3) is 0 Å². The molecule has 0 saturated heterocycles. The van der Waals surface area contributed by atoms with E-state index < -0.39 is 37.7 Å². The lowest BCUT2D eigenvalue weighted by Gasteiger charge is -2.33. The van der Waals surface area contributed by atoms with Gasteiger partial charge in [0.25, 0.3) is 0 Å². The number of rotatable bonds is 3. The molecule has 2 aromatic rings. The van der Waals surface area contributed by atoms with Crippen LogP contribution in [0.1, 0.15) is 11.1 Å². The Morgan fingerprint density at radius 2 is 1.42 bits per heavy atom. The van der Waals surface area contributed by atoms with Crippen LogP contribution in [0.15, 0.2) is 72.6 Å². The summed E-state index contributed by atoms with van der Waals surface area (Å²) in [6.45, 7) is 0. The zero-order chi connectivity index (χ0) is 19.2. The standard InChI is InChI=1S/C19H14F4O2S/c1-26(24,25)18(14-9-15(20)11-16(21)10-14)7-8-19(23,17(22)12-18)13-5-3-2-4-6-13/h2-12H,1H3. The average molecular weight is 382 g/mol. The summed E-state index contributed by atoms with van der Waals surface area (Å²) in [5.74, 6) is -3.42. The smallest absolute Gasteiger partial charge is 0.205 e. The first-order chi connectivity index (χ1) is 12.1. The number of halogens is 4. The minimum absolute atomic E-state index is 0.0301. The second-order valence-electron chi connectivity index (χ2n) is 6.13. The Morgan fingerprint density at radius 3 is 1.92 bits per heavy atom. The molecule has 0 aliphatic heterocycles. The molecule has 0 radical (unpaired) electrons. The molecule has 0 saturated carbocycles. The lowest BCUT2D eigenvalue weighted by molar-refractivity contribution is 0.232. The average Bonchev–Trinajstić information content (AvgIpc) is 2.56. The molecular formula is C19H14F4O2S. The predicted octanol–water partition coefficient (Wildman–Crippen LogP) is 4.49. The third kappa shape index (κ3) is 2.86. The molecule has 136 valence electrons. The van der Waals surface area contributed by atoms with E-state index in [4.69, 9.17) is 0 Å². The second-order valence-corrected chi connectivity index (χ2v) is 8.35. The lowest BCUT2D eigenvalue weighted by Crippen LogP contribution is -2.37. The summed E-state index contributed by atoms with van der Waals surface area (Å²) < 4.78 is 79.8. The molecule has 0 fully saturated rings. The molecule has 0 aromatic heterocycles. The van der Waals surface area contributed by atoms with Crippen LogP contribution in [0.2, 0.25) is 0 Å². The van der Waals surface area contributed by atoms with E-state index in [9.17, 15) is 21.6 Å². The van der Waals surface area contributed by atoms with Gasteiger partial charge < -0.3 is 0 Å². The van der Waals surface area contributed by atoms with Crippen LogP contribution in [0.4, 0.5) is 17.6 Å². The molecule has 0 spiro atoms. The van der Waals surface area contributed by atoms with Crippen LogP contribution >= 0.6 is 0 Å². The third-order valence-electron chi connectivity index (χ3n) is 4.37. The Bertz CT molecular complexity index is 995. The van der Waals surface area contributed by atoms with Crippen molar-refractivity contribution < 1.29 is 26.0 Å². The van der Waals surface area contributed by atoms with Gasteiger partial charge in [0.1, 0.15) is 22.2 Å². The molecule has 2 atom stereocenters. The molecule has 0 amide bonds. The highest BCUT2D eigenvalue weighted by Gasteiger charge is 2.48. The first-order valence-electron chi connectivity index (χ1n) is 7.58. The van der Waals surface area contributed by atoms with E-state index in [0.29, 0.717) is 12.1 Å². The fourth-order valence-corrected chi connectivity index (χ4v) is 4.16. The quantitative estimate of drug-likeness (QED) is 0.579. The van der Waals surface area contributed by atoms with E-state index in [1.54, 1.807) is 6.07 Å². The van der Waals surface area contributed by atoms with Crippen molar-refractivity contribution in [2.24, 2.45) is 0 Å². The molecule has 7 heteroatoms. The van der Waals surface area contributed by atoms with Gasteiger partial charge in [-0.3, -0.25) is 0 Å². The first kappa shape index (κ1) is 18.4. The lowest BCUT2D eigenvalue weighted by atomic mass is 9.84. The number of hydrogen-bond acceptors (Lipinski definition) is 2. The van der Waals surface area contributed by atoms with Crippen LogP contribution in [-0.2, 0) is 20.3 Å². The Balaban J connectivity index is 2.24. The third-order valence-corrected chi connectivity index (χ3v) is 6.09. The maximum Gasteiger partial charge on any atom is 0.205 e. The van der Waals surface area contributed by atoms with Crippen LogP contribution in [-0.4, -0.2) is 14.7 Å². The summed E-state index contributed by atoms with van der Waals surface area (Å²) >= 11 is 0. The fraction of sp³-hybridized carbons (Fsp3) is 0.158. The summed E-state index contributed by atoms with van der Waals surface area (Å²) in [6.07, 6.45) is 3.04. The van der Waals surface area contributed by atoms with Gasteiger partial charge in [-0.15, -0.1) is 0 Å². The largest absolute Gasteiger partial charge is 0.228 e. The normalized spacial score (nSPS) is 25.8. The highest BCUT2D eigenvalue weighted by molar-refractivity contribution is 7.92. The molecule has 2 aromatic carbocycles. The van der Waals surface area contributed by atoms with Crippen molar-refractivity contribution in [1.82, 2.24) is 0 Å². The number of allylic oxidation sites excluding steroid dienone is 2. The van der Waals surface area contributed by atoms with Gasteiger partial charge in [0.2, 0.25) is 5.67 Å². The highest BCUT2D eigenvalue weighted by atomic mass is 32.2. The Hall–Kier alpha value is -2.41. The number of alkyl halides is 1. The molecule has 0 heterocycles. The Morgan fingerprint density at radius 1 is 0.846 bits per heavy atom. The van der Waals surface area contributed by atoms with Crippen molar-refractivity contribution in [3.63, 3.8) is 0 Å². The van der Waals surface area contributed by atoms with Crippen molar-refractivity contribution in [1.29, 1.82) is 0 Å². The van der Waals surface area contributed by atoms with Crippen LogP contribution < -0.4 is 0 Å². The van der Waals surface area contributed by atoms with Gasteiger partial charge in [-0.25, -0.2) is 26.0 Å². The van der Waals surface area contributed by atoms with Crippen molar-refractivity contribution in [3.05, 3.63) is 95.3 Å². The Kier molecular flexibility index (Phi) is 4.30. The van der Waals surface area contributed by atoms with Crippen molar-refractivity contribution >= 4 is 9.84 Å². The minimum Gasteiger partial charge on any atom is -0.228 e. The molecule has 1 aliphatic rings. The molecule has 3 rings (SSSR count). The van der Waals surface area contributed by atoms with Gasteiger partial charge >= 0.3 is 0 Å². The van der Waals surface area contributed by atoms with E-state index >= 15 is 4.39 Å². The topological polar surface area (TPSA) is 34.1 Å². The fourth-order valence-electron chi connectivity index (χ4n) is 2.98. The van der Waals surface area contributed by atoms with E-state index in [0.717, 1.165) is 30.5 Å². The minimum atomic E-state index is -4.14. The molecule has 1 aliphatic carbocycles. The van der Waals surface area contributed by atoms with Gasteiger partial charge in [0.15, 0.2) is 9.84 Å². The number of benzene rings is 2. The van der Waals surface area contributed by atoms with E-state index in [2.05, 4.69) is 0 Å². The Labute approximate surface area is 148 Å². The zero-order valence-corrected chi connectivity index (χ0v) is 14.4. The number of sulfone groups is 1. The van der Waals surface area contributed by atoms with E-state index in [1.165, 1.54) is 24.3 Å². The van der Waals surface area contributed by atoms with E-state index in [1.807, 2.05) is 0 Å².